The van der Waals surface area contributed by atoms with Gasteiger partial charge in [0.05, 0.1) is 12.9 Å². The minimum Gasteiger partial charge on any atom is -0.489 e. The Kier molecular flexibility index (Phi) is 12.7. The molecule has 0 bridgehead atoms. The molecule has 5 aromatic rings. The number of anilines is 2. The Balaban J connectivity index is 1.52. The van der Waals surface area contributed by atoms with Crippen LogP contribution in [0, 0.1) is 13.8 Å². The van der Waals surface area contributed by atoms with E-state index in [1.165, 1.54) is 11.1 Å². The highest BCUT2D eigenvalue weighted by Gasteiger charge is 2.18. The van der Waals surface area contributed by atoms with Crippen molar-refractivity contribution in [1.82, 2.24) is 5.32 Å². The number of aryl methyl sites for hydroxylation is 2. The standard InChI is InChI=1S/C46H48N2O2/c1-7-8-20-39-32-38(41-21-13-14-24-45(41)49-29-15-9-11-18-34(2)3)26-28-44(39)48(33-47-6)43-27-25-37(31-36(43)5)42-23-17-22-40-35(4)19-12-10-16-30-50-46(40)42/h7-19,21-28,30-32,47H,2,20,29,33H2,1,3-6H3/b8-7-,12-10?,15-9-,18-11-,30-16?,35-19?. The quantitative estimate of drug-likeness (QED) is 0.0775. The molecule has 5 rings (SSSR count). The van der Waals surface area contributed by atoms with Crippen molar-refractivity contribution in [2.45, 2.75) is 34.1 Å². The summed E-state index contributed by atoms with van der Waals surface area (Å²) in [6, 6.07) is 36.1. The van der Waals surface area contributed by atoms with Crippen LogP contribution in [0.5, 0.6) is 5.75 Å². The number of hydrogen-bond acceptors (Lipinski definition) is 4. The van der Waals surface area contributed by atoms with E-state index in [1.807, 2.05) is 68.6 Å². The summed E-state index contributed by atoms with van der Waals surface area (Å²) in [5.41, 5.74) is 12.1. The number of allylic oxidation sites excluding steroid dienone is 6. The topological polar surface area (TPSA) is 37.6 Å². The smallest absolute Gasteiger partial charge is 0.141 e. The van der Waals surface area contributed by atoms with Gasteiger partial charge in [-0.15, -0.1) is 0 Å². The summed E-state index contributed by atoms with van der Waals surface area (Å²) in [6.45, 7) is 13.4. The third-order valence-corrected chi connectivity index (χ3v) is 8.49. The highest BCUT2D eigenvalue weighted by molar-refractivity contribution is 5.94. The van der Waals surface area contributed by atoms with Crippen LogP contribution in [0.25, 0.3) is 33.2 Å². The Bertz CT molecular complexity index is 2080. The van der Waals surface area contributed by atoms with Crippen molar-refractivity contribution in [3.63, 3.8) is 0 Å². The van der Waals surface area contributed by atoms with Gasteiger partial charge in [-0.3, -0.25) is 0 Å². The van der Waals surface area contributed by atoms with E-state index in [1.54, 1.807) is 6.26 Å². The van der Waals surface area contributed by atoms with E-state index in [4.69, 9.17) is 9.15 Å². The average molecular weight is 661 g/mol. The van der Waals surface area contributed by atoms with Gasteiger partial charge in [-0.2, -0.15) is 0 Å². The third-order valence-electron chi connectivity index (χ3n) is 8.49. The first-order valence-corrected chi connectivity index (χ1v) is 17.2. The van der Waals surface area contributed by atoms with Gasteiger partial charge in [0.15, 0.2) is 0 Å². The molecule has 0 amide bonds. The predicted molar refractivity (Wildman–Crippen MR) is 214 cm³/mol. The van der Waals surface area contributed by atoms with Gasteiger partial charge < -0.3 is 19.4 Å². The van der Waals surface area contributed by atoms with Gasteiger partial charge in [-0.1, -0.05) is 109 Å². The second kappa shape index (κ2) is 17.7. The summed E-state index contributed by atoms with van der Waals surface area (Å²) < 4.78 is 12.5. The summed E-state index contributed by atoms with van der Waals surface area (Å²) in [4.78, 5) is 2.37. The molecule has 4 heteroatoms. The van der Waals surface area contributed by atoms with Crippen LogP contribution in [0.2, 0.25) is 0 Å². The van der Waals surface area contributed by atoms with E-state index in [0.717, 1.165) is 67.9 Å². The number of rotatable bonds is 13. The lowest BCUT2D eigenvalue weighted by Gasteiger charge is -2.29. The largest absolute Gasteiger partial charge is 0.489 e. The molecule has 0 aliphatic carbocycles. The van der Waals surface area contributed by atoms with Gasteiger partial charge in [0, 0.05) is 27.9 Å². The van der Waals surface area contributed by atoms with Gasteiger partial charge in [0.25, 0.3) is 0 Å². The number of ether oxygens (including phenoxy) is 1. The molecule has 0 spiro atoms. The molecule has 0 atom stereocenters. The van der Waals surface area contributed by atoms with Crippen molar-refractivity contribution >= 4 is 22.3 Å². The summed E-state index contributed by atoms with van der Waals surface area (Å²) in [6.07, 6.45) is 14.9. The second-order valence-electron chi connectivity index (χ2n) is 12.4. The lowest BCUT2D eigenvalue weighted by molar-refractivity contribution is 0.364. The highest BCUT2D eigenvalue weighted by atomic mass is 16.5. The molecule has 254 valence electrons. The van der Waals surface area contributed by atoms with Crippen LogP contribution >= 0.6 is 0 Å². The predicted octanol–water partition coefficient (Wildman–Crippen LogP) is 12.0. The monoisotopic (exact) mass is 660 g/mol. The number of fused-ring (bicyclic) bond motifs is 1. The van der Waals surface area contributed by atoms with E-state index in [-0.39, 0.29) is 0 Å². The fourth-order valence-electron chi connectivity index (χ4n) is 6.04. The van der Waals surface area contributed by atoms with Gasteiger partial charge in [0.1, 0.15) is 17.9 Å². The minimum atomic E-state index is 0.481. The highest BCUT2D eigenvalue weighted by Crippen LogP contribution is 2.38. The van der Waals surface area contributed by atoms with Crippen LogP contribution in [-0.2, 0) is 6.42 Å². The molecular weight excluding hydrogens is 613 g/mol. The van der Waals surface area contributed by atoms with Crippen molar-refractivity contribution in [2.24, 2.45) is 0 Å². The van der Waals surface area contributed by atoms with E-state index < -0.39 is 0 Å². The molecule has 0 saturated carbocycles. The normalized spacial score (nSPS) is 11.5. The van der Waals surface area contributed by atoms with Crippen molar-refractivity contribution in [1.29, 1.82) is 0 Å². The Morgan fingerprint density at radius 1 is 0.800 bits per heavy atom. The Morgan fingerprint density at radius 3 is 2.34 bits per heavy atom. The fraction of sp³-hybridized carbons (Fsp3) is 0.174. The van der Waals surface area contributed by atoms with Crippen LogP contribution in [0.15, 0.2) is 162 Å². The SMILES string of the molecule is C=C(C)/C=C\C=C/COc1ccccc1-c1ccc(N(CNC)c2ccc(-c3cccc4c(C)cccccoc34)cc2C)c(C/C=C\C)c1. The molecule has 50 heavy (non-hydrogen) atoms. The first-order chi connectivity index (χ1) is 24.4. The molecule has 0 aliphatic rings. The van der Waals surface area contributed by atoms with Gasteiger partial charge in [-0.25, -0.2) is 0 Å². The molecule has 0 unspecified atom stereocenters. The number of benzene rings is 4. The Labute approximate surface area is 298 Å². The number of hydrogen-bond donors (Lipinski definition) is 1. The van der Waals surface area contributed by atoms with Crippen LogP contribution in [0.3, 0.4) is 0 Å². The van der Waals surface area contributed by atoms with Crippen molar-refractivity contribution < 1.29 is 9.15 Å². The van der Waals surface area contributed by atoms with Gasteiger partial charge >= 0.3 is 0 Å². The molecule has 1 aromatic heterocycles. The molecule has 0 radical (unpaired) electrons. The van der Waals surface area contributed by atoms with Crippen LogP contribution in [0.1, 0.15) is 30.5 Å². The van der Waals surface area contributed by atoms with Gasteiger partial charge in [0.2, 0.25) is 0 Å². The first kappa shape index (κ1) is 35.7. The molecule has 0 aliphatic heterocycles. The molecule has 4 nitrogen and oxygen atoms in total. The zero-order valence-corrected chi connectivity index (χ0v) is 29.9. The summed E-state index contributed by atoms with van der Waals surface area (Å²) in [5.74, 6) is 0.857. The summed E-state index contributed by atoms with van der Waals surface area (Å²) in [7, 11) is 1.99. The molecular formula is C46H48N2O2. The Morgan fingerprint density at radius 2 is 1.56 bits per heavy atom. The lowest BCUT2D eigenvalue weighted by Crippen LogP contribution is -2.29. The van der Waals surface area contributed by atoms with E-state index in [9.17, 15) is 0 Å². The zero-order valence-electron chi connectivity index (χ0n) is 29.9. The number of para-hydroxylation sites is 2. The molecule has 0 fully saturated rings. The second-order valence-corrected chi connectivity index (χ2v) is 12.4. The number of nitrogens with zero attached hydrogens (tertiary/aromatic N) is 1. The Hall–Kier alpha value is -5.58. The van der Waals surface area contributed by atoms with Crippen molar-refractivity contribution in [2.75, 3.05) is 25.2 Å². The average Bonchev–Trinajstić information content (AvgIpc) is 3.21. The first-order valence-electron chi connectivity index (χ1n) is 17.2. The number of nitrogens with one attached hydrogen (secondary N) is 1. The maximum atomic E-state index is 6.23. The summed E-state index contributed by atoms with van der Waals surface area (Å²) in [5, 5.41) is 4.51. The third kappa shape index (κ3) is 8.90. The maximum absolute atomic E-state index is 6.23. The van der Waals surface area contributed by atoms with Gasteiger partial charge in [-0.05, 0) is 111 Å². The molecule has 1 N–H and O–H groups in total. The van der Waals surface area contributed by atoms with Crippen LogP contribution in [0.4, 0.5) is 11.4 Å². The van der Waals surface area contributed by atoms with Crippen LogP contribution in [-0.4, -0.2) is 20.3 Å². The fourth-order valence-corrected chi connectivity index (χ4v) is 6.04. The van der Waals surface area contributed by atoms with Crippen molar-refractivity contribution in [3.05, 3.63) is 175 Å². The minimum absolute atomic E-state index is 0.481. The van der Waals surface area contributed by atoms with Crippen LogP contribution < -0.4 is 15.0 Å². The summed E-state index contributed by atoms with van der Waals surface area (Å²) >= 11 is 0. The maximum Gasteiger partial charge on any atom is 0.141 e. The molecule has 1 heterocycles. The lowest BCUT2D eigenvalue weighted by atomic mass is 9.97. The van der Waals surface area contributed by atoms with E-state index in [0.29, 0.717) is 13.3 Å². The van der Waals surface area contributed by atoms with E-state index >= 15 is 0 Å². The van der Waals surface area contributed by atoms with E-state index in [2.05, 4.69) is 123 Å². The molecule has 0 saturated heterocycles. The van der Waals surface area contributed by atoms with Crippen molar-refractivity contribution in [3.8, 4) is 28.0 Å². The zero-order chi connectivity index (χ0) is 35.3. The molecule has 4 aromatic carbocycles.